The van der Waals surface area contributed by atoms with Gasteiger partial charge in [0.25, 0.3) is 0 Å². The van der Waals surface area contributed by atoms with E-state index in [0.717, 1.165) is 5.56 Å². The third kappa shape index (κ3) is 6.54. The van der Waals surface area contributed by atoms with E-state index in [-0.39, 0.29) is 23.7 Å². The lowest BCUT2D eigenvalue weighted by atomic mass is 10.2. The van der Waals surface area contributed by atoms with Gasteiger partial charge in [0, 0.05) is 22.7 Å². The van der Waals surface area contributed by atoms with Crippen LogP contribution in [0.3, 0.4) is 0 Å². The SMILES string of the molecule is O=C(NCc1ccccc1)C(=O)N/N=C\c1cc(Cl)ccc1OCc1c(F)cccc1Cl. The second-order valence-electron chi connectivity index (χ2n) is 6.54. The average Bonchev–Trinajstić information content (AvgIpc) is 2.79. The van der Waals surface area contributed by atoms with E-state index in [9.17, 15) is 14.0 Å². The molecule has 0 spiro atoms. The fraction of sp³-hybridized carbons (Fsp3) is 0.0870. The van der Waals surface area contributed by atoms with Gasteiger partial charge in [0.2, 0.25) is 0 Å². The number of halogens is 3. The van der Waals surface area contributed by atoms with Crippen molar-refractivity contribution in [1.82, 2.24) is 10.7 Å². The summed E-state index contributed by atoms with van der Waals surface area (Å²) < 4.78 is 19.6. The second-order valence-corrected chi connectivity index (χ2v) is 7.38. The number of ether oxygens (including phenoxy) is 1. The van der Waals surface area contributed by atoms with Gasteiger partial charge in [-0.1, -0.05) is 59.6 Å². The highest BCUT2D eigenvalue weighted by molar-refractivity contribution is 6.35. The van der Waals surface area contributed by atoms with Crippen molar-refractivity contribution in [1.29, 1.82) is 0 Å². The molecule has 3 rings (SSSR count). The van der Waals surface area contributed by atoms with Crippen LogP contribution in [0.25, 0.3) is 0 Å². The standard InChI is InChI=1S/C23H18Cl2FN3O3/c24-17-9-10-21(32-14-18-19(25)7-4-8-20(18)26)16(11-17)13-28-29-23(31)22(30)27-12-15-5-2-1-3-6-15/h1-11,13H,12,14H2,(H,27,30)(H,29,31)/b28-13-. The van der Waals surface area contributed by atoms with E-state index in [0.29, 0.717) is 16.3 Å². The van der Waals surface area contributed by atoms with E-state index in [4.69, 9.17) is 27.9 Å². The molecule has 0 fully saturated rings. The molecular weight excluding hydrogens is 456 g/mol. The monoisotopic (exact) mass is 473 g/mol. The minimum absolute atomic E-state index is 0.123. The summed E-state index contributed by atoms with van der Waals surface area (Å²) in [5.41, 5.74) is 3.62. The first kappa shape index (κ1) is 23.2. The van der Waals surface area contributed by atoms with Crippen LogP contribution in [0.1, 0.15) is 16.7 Å². The topological polar surface area (TPSA) is 79.8 Å². The van der Waals surface area contributed by atoms with Gasteiger partial charge in [0.15, 0.2) is 0 Å². The summed E-state index contributed by atoms with van der Waals surface area (Å²) in [4.78, 5) is 23.9. The summed E-state index contributed by atoms with van der Waals surface area (Å²) in [5.74, 6) is -1.92. The van der Waals surface area contributed by atoms with Crippen molar-refractivity contribution >= 4 is 41.2 Å². The van der Waals surface area contributed by atoms with Crippen LogP contribution in [-0.4, -0.2) is 18.0 Å². The van der Waals surface area contributed by atoms with Crippen LogP contribution in [0.15, 0.2) is 71.8 Å². The molecule has 0 heterocycles. The largest absolute Gasteiger partial charge is 0.488 e. The van der Waals surface area contributed by atoms with E-state index < -0.39 is 17.6 Å². The van der Waals surface area contributed by atoms with Crippen molar-refractivity contribution < 1.29 is 18.7 Å². The van der Waals surface area contributed by atoms with Gasteiger partial charge in [-0.05, 0) is 35.9 Å². The van der Waals surface area contributed by atoms with Gasteiger partial charge in [-0.2, -0.15) is 5.10 Å². The van der Waals surface area contributed by atoms with Crippen molar-refractivity contribution in [3.63, 3.8) is 0 Å². The van der Waals surface area contributed by atoms with E-state index in [1.807, 2.05) is 30.3 Å². The van der Waals surface area contributed by atoms with Crippen molar-refractivity contribution in [2.24, 2.45) is 5.10 Å². The summed E-state index contributed by atoms with van der Waals surface area (Å²) in [6.45, 7) is 0.0872. The number of rotatable bonds is 7. The number of nitrogens with one attached hydrogen (secondary N) is 2. The number of hydrogen-bond acceptors (Lipinski definition) is 4. The van der Waals surface area contributed by atoms with Gasteiger partial charge in [-0.15, -0.1) is 0 Å². The van der Waals surface area contributed by atoms with E-state index >= 15 is 0 Å². The summed E-state index contributed by atoms with van der Waals surface area (Å²) in [6, 6.07) is 18.2. The molecule has 0 atom stereocenters. The molecule has 0 aliphatic carbocycles. The first-order chi connectivity index (χ1) is 15.4. The highest BCUT2D eigenvalue weighted by Gasteiger charge is 2.13. The zero-order valence-corrected chi connectivity index (χ0v) is 18.2. The van der Waals surface area contributed by atoms with Gasteiger partial charge in [0.05, 0.1) is 11.2 Å². The molecule has 9 heteroatoms. The summed E-state index contributed by atoms with van der Waals surface area (Å²) in [5, 5.41) is 6.92. The Morgan fingerprint density at radius 1 is 1.00 bits per heavy atom. The quantitative estimate of drug-likeness (QED) is 0.301. The molecule has 3 aromatic carbocycles. The Bertz CT molecular complexity index is 1120. The van der Waals surface area contributed by atoms with Gasteiger partial charge in [0.1, 0.15) is 18.2 Å². The number of nitrogens with zero attached hydrogens (tertiary/aromatic N) is 1. The van der Waals surface area contributed by atoms with E-state index in [1.165, 1.54) is 18.3 Å². The number of hydrogen-bond donors (Lipinski definition) is 2. The molecule has 0 saturated heterocycles. The number of carbonyl (C=O) groups excluding carboxylic acids is 2. The Morgan fingerprint density at radius 3 is 2.53 bits per heavy atom. The average molecular weight is 474 g/mol. The minimum atomic E-state index is -0.931. The molecule has 2 amide bonds. The van der Waals surface area contributed by atoms with Gasteiger partial charge in [-0.25, -0.2) is 9.82 Å². The molecule has 0 bridgehead atoms. The summed E-state index contributed by atoms with van der Waals surface area (Å²) in [6.07, 6.45) is 1.27. The zero-order chi connectivity index (χ0) is 22.9. The summed E-state index contributed by atoms with van der Waals surface area (Å²) in [7, 11) is 0. The highest BCUT2D eigenvalue weighted by atomic mass is 35.5. The molecule has 0 unspecified atom stereocenters. The normalized spacial score (nSPS) is 10.7. The summed E-state index contributed by atoms with van der Waals surface area (Å²) >= 11 is 12.0. The Balaban J connectivity index is 1.60. The second kappa shape index (κ2) is 11.3. The first-order valence-corrected chi connectivity index (χ1v) is 10.2. The van der Waals surface area contributed by atoms with Crippen molar-refractivity contribution in [3.8, 4) is 5.75 Å². The van der Waals surface area contributed by atoms with E-state index in [1.54, 1.807) is 24.3 Å². The minimum Gasteiger partial charge on any atom is -0.488 e. The predicted molar refractivity (Wildman–Crippen MR) is 121 cm³/mol. The third-order valence-corrected chi connectivity index (χ3v) is 4.87. The Morgan fingerprint density at radius 2 is 1.78 bits per heavy atom. The smallest absolute Gasteiger partial charge is 0.329 e. The fourth-order valence-corrected chi connectivity index (χ4v) is 3.04. The molecule has 32 heavy (non-hydrogen) atoms. The third-order valence-electron chi connectivity index (χ3n) is 4.28. The van der Waals surface area contributed by atoms with Gasteiger partial charge >= 0.3 is 11.8 Å². The van der Waals surface area contributed by atoms with Crippen LogP contribution in [0, 0.1) is 5.82 Å². The lowest BCUT2D eigenvalue weighted by Gasteiger charge is -2.11. The maximum Gasteiger partial charge on any atom is 0.329 e. The molecule has 2 N–H and O–H groups in total. The van der Waals surface area contributed by atoms with Crippen LogP contribution < -0.4 is 15.5 Å². The fourth-order valence-electron chi connectivity index (χ4n) is 2.64. The highest BCUT2D eigenvalue weighted by Crippen LogP contribution is 2.25. The Hall–Kier alpha value is -3.42. The molecule has 0 saturated carbocycles. The van der Waals surface area contributed by atoms with Crippen LogP contribution in [0.5, 0.6) is 5.75 Å². The molecule has 6 nitrogen and oxygen atoms in total. The Kier molecular flexibility index (Phi) is 8.19. The lowest BCUT2D eigenvalue weighted by molar-refractivity contribution is -0.139. The van der Waals surface area contributed by atoms with Crippen LogP contribution >= 0.6 is 23.2 Å². The van der Waals surface area contributed by atoms with E-state index in [2.05, 4.69) is 15.8 Å². The molecule has 0 radical (unpaired) electrons. The Labute approximate surface area is 194 Å². The van der Waals surface area contributed by atoms with Gasteiger partial charge < -0.3 is 10.1 Å². The molecule has 0 aromatic heterocycles. The van der Waals surface area contributed by atoms with Crippen LogP contribution in [0.4, 0.5) is 4.39 Å². The maximum atomic E-state index is 14.0. The molecule has 0 aliphatic rings. The zero-order valence-electron chi connectivity index (χ0n) is 16.6. The van der Waals surface area contributed by atoms with Crippen molar-refractivity contribution in [2.45, 2.75) is 13.2 Å². The predicted octanol–water partition coefficient (Wildman–Crippen LogP) is 4.48. The molecule has 3 aromatic rings. The number of carbonyl (C=O) groups is 2. The van der Waals surface area contributed by atoms with Gasteiger partial charge in [-0.3, -0.25) is 9.59 Å². The van der Waals surface area contributed by atoms with Crippen molar-refractivity contribution in [2.75, 3.05) is 0 Å². The number of benzene rings is 3. The van der Waals surface area contributed by atoms with Crippen LogP contribution in [-0.2, 0) is 22.7 Å². The van der Waals surface area contributed by atoms with Crippen molar-refractivity contribution in [3.05, 3.63) is 99.3 Å². The lowest BCUT2D eigenvalue weighted by Crippen LogP contribution is -2.37. The molecular formula is C23H18Cl2FN3O3. The number of amides is 2. The maximum absolute atomic E-state index is 14.0. The molecule has 164 valence electrons. The van der Waals surface area contributed by atoms with Crippen LogP contribution in [0.2, 0.25) is 10.0 Å². The number of hydrazone groups is 1. The molecule has 0 aliphatic heterocycles. The first-order valence-electron chi connectivity index (χ1n) is 9.44.